The van der Waals surface area contributed by atoms with E-state index in [0.29, 0.717) is 0 Å². The summed E-state index contributed by atoms with van der Waals surface area (Å²) >= 11 is 0. The van der Waals surface area contributed by atoms with Crippen molar-refractivity contribution in [3.63, 3.8) is 0 Å². The molecule has 0 bridgehead atoms. The van der Waals surface area contributed by atoms with E-state index in [4.69, 9.17) is 0 Å². The van der Waals surface area contributed by atoms with Crippen LogP contribution in [0.2, 0.25) is 0 Å². The second-order valence-electron chi connectivity index (χ2n) is 27.2. The maximum absolute atomic E-state index is 2.58. The van der Waals surface area contributed by atoms with Crippen LogP contribution < -0.4 is 0 Å². The monoisotopic (exact) mass is 1000 g/mol. The molecule has 0 aromatic heterocycles. The first-order chi connectivity index (χ1) is 37.2. The molecule has 10 aromatic rings. The van der Waals surface area contributed by atoms with Crippen molar-refractivity contribution in [2.45, 2.75) is 116 Å². The van der Waals surface area contributed by atoms with E-state index in [9.17, 15) is 0 Å². The quantitative estimate of drug-likeness (QED) is 0.165. The molecule has 0 aliphatic heterocycles. The van der Waals surface area contributed by atoms with Crippen molar-refractivity contribution in [3.8, 4) is 100 Å². The van der Waals surface area contributed by atoms with Gasteiger partial charge >= 0.3 is 0 Å². The van der Waals surface area contributed by atoms with Gasteiger partial charge in [0.25, 0.3) is 0 Å². The van der Waals surface area contributed by atoms with Crippen molar-refractivity contribution in [1.82, 2.24) is 0 Å². The summed E-state index contributed by atoms with van der Waals surface area (Å²) in [6, 6.07) is 71.5. The van der Waals surface area contributed by atoms with Gasteiger partial charge in [0.2, 0.25) is 0 Å². The average Bonchev–Trinajstić information content (AvgIpc) is 4.22. The van der Waals surface area contributed by atoms with Crippen LogP contribution in [0.1, 0.15) is 150 Å². The summed E-state index contributed by atoms with van der Waals surface area (Å²) in [7, 11) is 0. The van der Waals surface area contributed by atoms with Crippen LogP contribution in [0.25, 0.3) is 100 Å². The molecule has 6 aliphatic carbocycles. The fraction of sp³-hybridized carbons (Fsp3) is 0.231. The topological polar surface area (TPSA) is 0 Å². The summed E-state index contributed by atoms with van der Waals surface area (Å²) in [6.45, 7) is 29.4. The third-order valence-electron chi connectivity index (χ3n) is 21.0. The van der Waals surface area contributed by atoms with E-state index in [1.165, 1.54) is 167 Å². The molecule has 0 saturated carbocycles. The molecule has 6 aliphatic rings. The summed E-state index contributed by atoms with van der Waals surface area (Å²) < 4.78 is 0. The fourth-order valence-electron chi connectivity index (χ4n) is 17.0. The summed E-state index contributed by atoms with van der Waals surface area (Å²) in [5.74, 6) is 0. The Bertz CT molecular complexity index is 3950. The van der Waals surface area contributed by atoms with E-state index in [-0.39, 0.29) is 32.5 Å². The number of benzene rings is 10. The van der Waals surface area contributed by atoms with Gasteiger partial charge in [-0.3, -0.25) is 0 Å². The minimum Gasteiger partial charge on any atom is -0.0619 e. The van der Waals surface area contributed by atoms with E-state index in [1.807, 2.05) is 0 Å². The Kier molecular flexibility index (Phi) is 8.70. The van der Waals surface area contributed by atoms with Crippen LogP contribution in [0, 0.1) is 0 Å². The molecule has 78 heavy (non-hydrogen) atoms. The lowest BCUT2D eigenvalue weighted by atomic mass is 9.71. The lowest BCUT2D eigenvalue weighted by molar-refractivity contribution is 0.636. The van der Waals surface area contributed by atoms with Crippen LogP contribution in [0.3, 0.4) is 0 Å². The minimum absolute atomic E-state index is 0.0392. The Morgan fingerprint density at radius 3 is 0.615 bits per heavy atom. The molecule has 0 atom stereocenters. The highest BCUT2D eigenvalue weighted by atomic mass is 14.6. The molecule has 378 valence electrons. The third kappa shape index (κ3) is 5.57. The van der Waals surface area contributed by atoms with Crippen LogP contribution in [0.4, 0.5) is 0 Å². The zero-order valence-electron chi connectivity index (χ0n) is 47.3. The molecule has 0 heterocycles. The molecule has 0 N–H and O–H groups in total. The van der Waals surface area contributed by atoms with Crippen LogP contribution in [0.5, 0.6) is 0 Å². The second-order valence-corrected chi connectivity index (χ2v) is 27.2. The number of rotatable bonds is 3. The summed E-state index contributed by atoms with van der Waals surface area (Å²) in [6.07, 6.45) is 0. The van der Waals surface area contributed by atoms with Gasteiger partial charge in [0.1, 0.15) is 0 Å². The van der Waals surface area contributed by atoms with Gasteiger partial charge in [0, 0.05) is 32.5 Å². The maximum Gasteiger partial charge on any atom is 0.0165 e. The summed E-state index contributed by atoms with van der Waals surface area (Å²) in [5.41, 5.74) is 40.6. The fourth-order valence-corrected chi connectivity index (χ4v) is 17.0. The molecule has 0 spiro atoms. The standard InChI is InChI=1S/C78H66/c1-73(2)58-22-16-13-19-49(58)52-37-43(25-31-61(52)73)46-28-34-64-55(40-46)67-70(76(64,7)8)68-57-42-48(45-27-33-63-54(39-45)51-21-15-18-24-60(51)75(63,5)6)30-36-66(57)78(11,12)72(68)69-56-41-47(29-35-65(56)77(9,10)71(67)69)44-26-32-62-53(38-44)50-20-14-17-23-59(50)74(62,3)4/h13-42H,1-12H3. The zero-order valence-corrected chi connectivity index (χ0v) is 47.3. The number of hydrogen-bond donors (Lipinski definition) is 0. The highest BCUT2D eigenvalue weighted by Crippen LogP contribution is 2.68. The predicted molar refractivity (Wildman–Crippen MR) is 328 cm³/mol. The van der Waals surface area contributed by atoms with Crippen molar-refractivity contribution in [2.24, 2.45) is 0 Å². The third-order valence-corrected chi connectivity index (χ3v) is 21.0. The second kappa shape index (κ2) is 14.7. The molecular formula is C78H66. The van der Waals surface area contributed by atoms with Gasteiger partial charge in [-0.2, -0.15) is 0 Å². The van der Waals surface area contributed by atoms with Crippen LogP contribution >= 0.6 is 0 Å². The first-order valence-corrected chi connectivity index (χ1v) is 28.7. The van der Waals surface area contributed by atoms with Gasteiger partial charge in [-0.15, -0.1) is 0 Å². The first-order valence-electron chi connectivity index (χ1n) is 28.7. The summed E-state index contributed by atoms with van der Waals surface area (Å²) in [5, 5.41) is 0. The van der Waals surface area contributed by atoms with Gasteiger partial charge in [-0.05, 0) is 203 Å². The molecule has 0 amide bonds. The van der Waals surface area contributed by atoms with Crippen molar-refractivity contribution in [2.75, 3.05) is 0 Å². The molecule has 0 radical (unpaired) electrons. The predicted octanol–water partition coefficient (Wildman–Crippen LogP) is 20.5. The van der Waals surface area contributed by atoms with Crippen LogP contribution in [0.15, 0.2) is 182 Å². The highest BCUT2D eigenvalue weighted by molar-refractivity contribution is 6.06. The van der Waals surface area contributed by atoms with Gasteiger partial charge in [-0.1, -0.05) is 229 Å². The lowest BCUT2D eigenvalue weighted by Gasteiger charge is -2.31. The van der Waals surface area contributed by atoms with Gasteiger partial charge in [0.05, 0.1) is 0 Å². The van der Waals surface area contributed by atoms with E-state index in [0.717, 1.165) is 0 Å². The Hall–Kier alpha value is -7.80. The number of fused-ring (bicyclic) bond motifs is 21. The smallest absolute Gasteiger partial charge is 0.0165 e. The molecular weight excluding hydrogens is 937 g/mol. The largest absolute Gasteiger partial charge is 0.0619 e. The average molecular weight is 1000 g/mol. The molecule has 10 aromatic carbocycles. The Balaban J connectivity index is 0.944. The van der Waals surface area contributed by atoms with Crippen LogP contribution in [-0.4, -0.2) is 0 Å². The molecule has 0 fully saturated rings. The van der Waals surface area contributed by atoms with Crippen molar-refractivity contribution in [1.29, 1.82) is 0 Å². The lowest BCUT2D eigenvalue weighted by Crippen LogP contribution is -2.22. The van der Waals surface area contributed by atoms with Gasteiger partial charge in [0.15, 0.2) is 0 Å². The zero-order chi connectivity index (χ0) is 53.5. The van der Waals surface area contributed by atoms with E-state index in [2.05, 4.69) is 265 Å². The van der Waals surface area contributed by atoms with Crippen molar-refractivity contribution >= 4 is 0 Å². The highest BCUT2D eigenvalue weighted by Gasteiger charge is 2.53. The van der Waals surface area contributed by atoms with Crippen molar-refractivity contribution < 1.29 is 0 Å². The molecule has 0 unspecified atom stereocenters. The Labute approximate surface area is 461 Å². The molecule has 0 saturated heterocycles. The van der Waals surface area contributed by atoms with Crippen molar-refractivity contribution in [3.05, 3.63) is 249 Å². The summed E-state index contributed by atoms with van der Waals surface area (Å²) in [4.78, 5) is 0. The molecule has 16 rings (SSSR count). The Morgan fingerprint density at radius 1 is 0.179 bits per heavy atom. The normalized spacial score (nSPS) is 17.8. The van der Waals surface area contributed by atoms with E-state index in [1.54, 1.807) is 0 Å². The van der Waals surface area contributed by atoms with Gasteiger partial charge < -0.3 is 0 Å². The Morgan fingerprint density at radius 2 is 0.372 bits per heavy atom. The van der Waals surface area contributed by atoms with E-state index < -0.39 is 0 Å². The first kappa shape index (κ1) is 46.3. The maximum atomic E-state index is 2.58. The molecule has 0 nitrogen and oxygen atoms in total. The van der Waals surface area contributed by atoms with Crippen LogP contribution in [-0.2, 0) is 32.5 Å². The minimum atomic E-state index is -0.274. The molecule has 0 heteroatoms. The number of hydrogen-bond acceptors (Lipinski definition) is 0. The SMILES string of the molecule is CC1(C)c2ccccc2-c2cc(-c3ccc4c(c3)-c3c(c5c(c6c3C(C)(C)c3ccc(-c7ccc8c(c7)-c7ccccc7C8(C)C)cc3-6)C(C)(C)c3ccc(-c6ccc7c(c6)-c6ccccc6C7(C)C)cc3-5)C4(C)C)ccc21. The van der Waals surface area contributed by atoms with Gasteiger partial charge in [-0.25, -0.2) is 0 Å². The van der Waals surface area contributed by atoms with E-state index >= 15 is 0 Å².